The quantitative estimate of drug-likeness (QED) is 0.785. The fourth-order valence-electron chi connectivity index (χ4n) is 1.99. The van der Waals surface area contributed by atoms with E-state index in [-0.39, 0.29) is 17.8 Å². The molecule has 0 aromatic rings. The van der Waals surface area contributed by atoms with Crippen molar-refractivity contribution in [2.75, 3.05) is 26.9 Å². The van der Waals surface area contributed by atoms with Crippen molar-refractivity contribution in [3.63, 3.8) is 0 Å². The zero-order valence-corrected chi connectivity index (χ0v) is 12.0. The zero-order chi connectivity index (χ0) is 14.5. The molecule has 0 bridgehead atoms. The summed E-state index contributed by atoms with van der Waals surface area (Å²) in [5.74, 6) is -0.554. The summed E-state index contributed by atoms with van der Waals surface area (Å²) in [4.78, 5) is 23.2. The summed E-state index contributed by atoms with van der Waals surface area (Å²) < 4.78 is 15.3. The molecule has 0 saturated carbocycles. The lowest BCUT2D eigenvalue weighted by molar-refractivity contribution is -0.151. The summed E-state index contributed by atoms with van der Waals surface area (Å²) in [6, 6.07) is 0. The molecule has 1 heterocycles. The van der Waals surface area contributed by atoms with Gasteiger partial charge < -0.3 is 19.5 Å². The first kappa shape index (κ1) is 15.8. The smallest absolute Gasteiger partial charge is 0.407 e. The molecule has 0 aliphatic carbocycles. The molecular formula is C13H23NO5. The first-order valence-corrected chi connectivity index (χ1v) is 6.46. The maximum absolute atomic E-state index is 11.6. The number of rotatable bonds is 3. The first-order chi connectivity index (χ1) is 8.83. The summed E-state index contributed by atoms with van der Waals surface area (Å²) in [5.41, 5.74) is -0.533. The van der Waals surface area contributed by atoms with Crippen LogP contribution in [0.1, 0.15) is 27.2 Å². The topological polar surface area (TPSA) is 73.9 Å². The van der Waals surface area contributed by atoms with Crippen molar-refractivity contribution in [2.24, 2.45) is 11.8 Å². The minimum Gasteiger partial charge on any atom is -0.469 e. The van der Waals surface area contributed by atoms with Crippen LogP contribution in [0.15, 0.2) is 0 Å². The molecule has 1 rings (SSSR count). The summed E-state index contributed by atoms with van der Waals surface area (Å²) in [7, 11) is 1.37. The summed E-state index contributed by atoms with van der Waals surface area (Å²) in [6.07, 6.45) is 0.134. The fourth-order valence-corrected chi connectivity index (χ4v) is 1.99. The van der Waals surface area contributed by atoms with Gasteiger partial charge in [-0.2, -0.15) is 0 Å². The number of esters is 1. The Morgan fingerprint density at radius 3 is 2.63 bits per heavy atom. The molecule has 0 aromatic carbocycles. The maximum atomic E-state index is 11.6. The van der Waals surface area contributed by atoms with E-state index in [2.05, 4.69) is 5.32 Å². The number of amides is 1. The number of alkyl carbamates (subject to hydrolysis) is 1. The van der Waals surface area contributed by atoms with Crippen molar-refractivity contribution >= 4 is 12.1 Å². The van der Waals surface area contributed by atoms with Gasteiger partial charge in [0.2, 0.25) is 0 Å². The van der Waals surface area contributed by atoms with Crippen LogP contribution in [-0.4, -0.2) is 44.5 Å². The summed E-state index contributed by atoms with van der Waals surface area (Å²) in [6.45, 7) is 6.72. The van der Waals surface area contributed by atoms with Crippen LogP contribution < -0.4 is 5.32 Å². The van der Waals surface area contributed by atoms with Crippen molar-refractivity contribution in [1.29, 1.82) is 0 Å². The molecule has 110 valence electrons. The molecule has 6 heteroatoms. The normalized spacial score (nSPS) is 23.6. The Kier molecular flexibility index (Phi) is 5.60. The highest BCUT2D eigenvalue weighted by Crippen LogP contribution is 2.22. The third kappa shape index (κ3) is 5.46. The Balaban J connectivity index is 2.45. The van der Waals surface area contributed by atoms with Crippen molar-refractivity contribution in [1.82, 2.24) is 5.32 Å². The lowest BCUT2D eigenvalue weighted by Gasteiger charge is -2.30. The van der Waals surface area contributed by atoms with E-state index in [0.29, 0.717) is 26.2 Å². The van der Waals surface area contributed by atoms with Crippen LogP contribution in [0, 0.1) is 11.8 Å². The van der Waals surface area contributed by atoms with E-state index in [1.54, 1.807) is 20.8 Å². The molecule has 1 aliphatic heterocycles. The monoisotopic (exact) mass is 273 g/mol. The Morgan fingerprint density at radius 2 is 2.05 bits per heavy atom. The fraction of sp³-hybridized carbons (Fsp3) is 0.846. The lowest BCUT2D eigenvalue weighted by Crippen LogP contribution is -2.42. The standard InChI is InChI=1S/C13H23NO5/c1-13(2,3)19-12(16)14-7-9-8-18-6-5-10(9)11(15)17-4/h9-10H,5-8H2,1-4H3,(H,14,16). The minimum atomic E-state index is -0.533. The van der Waals surface area contributed by atoms with Gasteiger partial charge in [-0.25, -0.2) is 4.79 Å². The van der Waals surface area contributed by atoms with Crippen molar-refractivity contribution in [2.45, 2.75) is 32.8 Å². The molecule has 1 aliphatic rings. The second-order valence-corrected chi connectivity index (χ2v) is 5.64. The molecule has 6 nitrogen and oxygen atoms in total. The molecule has 2 atom stereocenters. The first-order valence-electron chi connectivity index (χ1n) is 6.46. The van der Waals surface area contributed by atoms with Crippen molar-refractivity contribution in [3.05, 3.63) is 0 Å². The van der Waals surface area contributed by atoms with E-state index < -0.39 is 11.7 Å². The van der Waals surface area contributed by atoms with Gasteiger partial charge in [-0.3, -0.25) is 4.79 Å². The van der Waals surface area contributed by atoms with Gasteiger partial charge in [-0.05, 0) is 27.2 Å². The van der Waals surface area contributed by atoms with Crippen LogP contribution in [0.25, 0.3) is 0 Å². The van der Waals surface area contributed by atoms with Crippen LogP contribution in [0.3, 0.4) is 0 Å². The van der Waals surface area contributed by atoms with Crippen molar-refractivity contribution in [3.8, 4) is 0 Å². The largest absolute Gasteiger partial charge is 0.469 e. The average molecular weight is 273 g/mol. The highest BCUT2D eigenvalue weighted by atomic mass is 16.6. The number of carbonyl (C=O) groups excluding carboxylic acids is 2. The maximum Gasteiger partial charge on any atom is 0.407 e. The Hall–Kier alpha value is -1.30. The SMILES string of the molecule is COC(=O)C1CCOCC1CNC(=O)OC(C)(C)C. The number of carbonyl (C=O) groups is 2. The van der Waals surface area contributed by atoms with E-state index in [4.69, 9.17) is 14.2 Å². The predicted octanol–water partition coefficient (Wildman–Crippen LogP) is 1.34. The third-order valence-electron chi connectivity index (χ3n) is 2.89. The van der Waals surface area contributed by atoms with Gasteiger partial charge in [0.15, 0.2) is 0 Å². The zero-order valence-electron chi connectivity index (χ0n) is 12.0. The number of nitrogens with one attached hydrogen (secondary N) is 1. The Labute approximate surface area is 113 Å². The number of methoxy groups -OCH3 is 1. The van der Waals surface area contributed by atoms with E-state index in [0.717, 1.165) is 0 Å². The van der Waals surface area contributed by atoms with Gasteiger partial charge >= 0.3 is 12.1 Å². The molecule has 1 amide bonds. The minimum absolute atomic E-state index is 0.0753. The van der Waals surface area contributed by atoms with Crippen LogP contribution >= 0.6 is 0 Å². The number of ether oxygens (including phenoxy) is 3. The molecule has 0 spiro atoms. The molecule has 1 saturated heterocycles. The van der Waals surface area contributed by atoms with Gasteiger partial charge in [-0.15, -0.1) is 0 Å². The van der Waals surface area contributed by atoms with E-state index >= 15 is 0 Å². The second-order valence-electron chi connectivity index (χ2n) is 5.64. The third-order valence-corrected chi connectivity index (χ3v) is 2.89. The average Bonchev–Trinajstić information content (AvgIpc) is 2.33. The summed E-state index contributed by atoms with van der Waals surface area (Å²) >= 11 is 0. The van der Waals surface area contributed by atoms with Crippen molar-refractivity contribution < 1.29 is 23.8 Å². The molecule has 1 fully saturated rings. The van der Waals surface area contributed by atoms with E-state index in [1.807, 2.05) is 0 Å². The Bertz CT molecular complexity index is 323. The van der Waals surface area contributed by atoms with Gasteiger partial charge in [0.1, 0.15) is 5.60 Å². The van der Waals surface area contributed by atoms with Gasteiger partial charge in [0.25, 0.3) is 0 Å². The molecule has 19 heavy (non-hydrogen) atoms. The van der Waals surface area contributed by atoms with Crippen LogP contribution in [0.5, 0.6) is 0 Å². The predicted molar refractivity (Wildman–Crippen MR) is 68.7 cm³/mol. The van der Waals surface area contributed by atoms with Gasteiger partial charge in [0, 0.05) is 19.1 Å². The summed E-state index contributed by atoms with van der Waals surface area (Å²) in [5, 5.41) is 2.67. The highest BCUT2D eigenvalue weighted by molar-refractivity contribution is 5.73. The number of hydrogen-bond donors (Lipinski definition) is 1. The second kappa shape index (κ2) is 6.75. The van der Waals surface area contributed by atoms with Gasteiger partial charge in [-0.1, -0.05) is 0 Å². The van der Waals surface area contributed by atoms with Crippen LogP contribution in [0.2, 0.25) is 0 Å². The molecule has 1 N–H and O–H groups in total. The highest BCUT2D eigenvalue weighted by Gasteiger charge is 2.32. The van der Waals surface area contributed by atoms with E-state index in [1.165, 1.54) is 7.11 Å². The number of hydrogen-bond acceptors (Lipinski definition) is 5. The Morgan fingerprint density at radius 1 is 1.37 bits per heavy atom. The van der Waals surface area contributed by atoms with E-state index in [9.17, 15) is 9.59 Å². The van der Waals surface area contributed by atoms with Crippen LogP contribution in [-0.2, 0) is 19.0 Å². The molecule has 2 unspecified atom stereocenters. The molecule has 0 aromatic heterocycles. The molecular weight excluding hydrogens is 250 g/mol. The van der Waals surface area contributed by atoms with Crippen LogP contribution in [0.4, 0.5) is 4.79 Å². The lowest BCUT2D eigenvalue weighted by atomic mass is 9.88. The molecule has 0 radical (unpaired) electrons. The van der Waals surface area contributed by atoms with Gasteiger partial charge in [0.05, 0.1) is 19.6 Å².